The molecule has 0 fully saturated rings. The summed E-state index contributed by atoms with van der Waals surface area (Å²) < 4.78 is 1.59. The first-order valence-electron chi connectivity index (χ1n) is 10.4. The van der Waals surface area contributed by atoms with Gasteiger partial charge in [-0.1, -0.05) is 47.4 Å². The highest BCUT2D eigenvalue weighted by Crippen LogP contribution is 2.25. The number of nitrogens with zero attached hydrogens (tertiary/aromatic N) is 2. The van der Waals surface area contributed by atoms with Gasteiger partial charge in [-0.3, -0.25) is 14.3 Å². The van der Waals surface area contributed by atoms with Crippen molar-refractivity contribution in [3.05, 3.63) is 100 Å². The highest BCUT2D eigenvalue weighted by Gasteiger charge is 2.14. The molecule has 2 N–H and O–H groups in total. The topological polar surface area (TPSA) is 76.0 Å². The number of carbonyl (C=O) groups excluding carboxylic acids is 2. The first-order chi connectivity index (χ1) is 16.3. The molecule has 4 rings (SSSR count). The number of amides is 2. The van der Waals surface area contributed by atoms with E-state index in [1.165, 1.54) is 0 Å². The van der Waals surface area contributed by atoms with Gasteiger partial charge in [0, 0.05) is 35.5 Å². The van der Waals surface area contributed by atoms with E-state index in [0.717, 1.165) is 11.1 Å². The second-order valence-electron chi connectivity index (χ2n) is 7.73. The average Bonchev–Trinajstić information content (AvgIpc) is 3.21. The molecule has 2 amide bonds. The number of anilines is 2. The van der Waals surface area contributed by atoms with Gasteiger partial charge in [0.15, 0.2) is 0 Å². The number of terminal acetylenes is 1. The van der Waals surface area contributed by atoms with E-state index in [9.17, 15) is 9.59 Å². The Bertz CT molecular complexity index is 1430. The van der Waals surface area contributed by atoms with E-state index in [-0.39, 0.29) is 11.8 Å². The van der Waals surface area contributed by atoms with E-state index in [2.05, 4.69) is 21.7 Å². The molecule has 34 heavy (non-hydrogen) atoms. The van der Waals surface area contributed by atoms with Crippen LogP contribution in [0.25, 0.3) is 11.3 Å². The summed E-state index contributed by atoms with van der Waals surface area (Å²) in [5.41, 5.74) is 4.61. The average molecular weight is 469 g/mol. The molecule has 0 saturated carbocycles. The second-order valence-corrected chi connectivity index (χ2v) is 8.14. The van der Waals surface area contributed by atoms with Crippen molar-refractivity contribution in [2.45, 2.75) is 6.92 Å². The SMILES string of the molecule is C#Cc1cccc(C(=O)Nc2cc(-c3ccc(NC(=O)c4cc(C)ccc4Cl)cc3)nn2C)c1. The Labute approximate surface area is 202 Å². The standard InChI is InChI=1S/C27H21ClN4O2/c1-4-18-6-5-7-20(15-18)26(33)30-25-16-24(31-32(25)3)19-9-11-21(12-10-19)29-27(34)22-14-17(2)8-13-23(22)28/h1,5-16H,2-3H3,(H,29,34)(H,30,33). The fourth-order valence-corrected chi connectivity index (χ4v) is 3.60. The lowest BCUT2D eigenvalue weighted by Gasteiger charge is -2.08. The van der Waals surface area contributed by atoms with Crippen LogP contribution in [-0.4, -0.2) is 21.6 Å². The number of benzene rings is 3. The fraction of sp³-hybridized carbons (Fsp3) is 0.0741. The zero-order chi connectivity index (χ0) is 24.2. The monoisotopic (exact) mass is 468 g/mol. The van der Waals surface area contributed by atoms with Crippen LogP contribution in [-0.2, 0) is 7.05 Å². The summed E-state index contributed by atoms with van der Waals surface area (Å²) in [6.45, 7) is 1.90. The third kappa shape index (κ3) is 5.01. The third-order valence-electron chi connectivity index (χ3n) is 5.22. The van der Waals surface area contributed by atoms with Crippen LogP contribution in [0.1, 0.15) is 31.8 Å². The largest absolute Gasteiger partial charge is 0.322 e. The van der Waals surface area contributed by atoms with Crippen LogP contribution < -0.4 is 10.6 Å². The summed E-state index contributed by atoms with van der Waals surface area (Å²) >= 11 is 6.16. The number of halogens is 1. The van der Waals surface area contributed by atoms with Gasteiger partial charge in [-0.2, -0.15) is 5.10 Å². The van der Waals surface area contributed by atoms with E-state index in [4.69, 9.17) is 18.0 Å². The van der Waals surface area contributed by atoms with Crippen LogP contribution in [0, 0.1) is 19.3 Å². The number of carbonyl (C=O) groups is 2. The van der Waals surface area contributed by atoms with Crippen molar-refractivity contribution in [1.29, 1.82) is 0 Å². The maximum absolute atomic E-state index is 12.6. The van der Waals surface area contributed by atoms with Gasteiger partial charge in [-0.05, 0) is 49.4 Å². The van der Waals surface area contributed by atoms with Gasteiger partial charge in [-0.25, -0.2) is 0 Å². The highest BCUT2D eigenvalue weighted by atomic mass is 35.5. The van der Waals surface area contributed by atoms with E-state index < -0.39 is 0 Å². The minimum absolute atomic E-state index is 0.278. The lowest BCUT2D eigenvalue weighted by Crippen LogP contribution is -2.14. The molecule has 7 heteroatoms. The lowest BCUT2D eigenvalue weighted by molar-refractivity contribution is 0.101. The van der Waals surface area contributed by atoms with Gasteiger partial charge in [0.2, 0.25) is 0 Å². The zero-order valence-corrected chi connectivity index (χ0v) is 19.4. The van der Waals surface area contributed by atoms with Gasteiger partial charge in [0.05, 0.1) is 16.3 Å². The number of hydrogen-bond acceptors (Lipinski definition) is 3. The van der Waals surface area contributed by atoms with E-state index in [0.29, 0.717) is 38.9 Å². The molecule has 0 aliphatic carbocycles. The van der Waals surface area contributed by atoms with Gasteiger partial charge < -0.3 is 10.6 Å². The van der Waals surface area contributed by atoms with Crippen molar-refractivity contribution >= 4 is 34.9 Å². The summed E-state index contributed by atoms with van der Waals surface area (Å²) in [4.78, 5) is 25.2. The van der Waals surface area contributed by atoms with Crippen LogP contribution in [0.5, 0.6) is 0 Å². The van der Waals surface area contributed by atoms with E-state index >= 15 is 0 Å². The Morgan fingerprint density at radius 3 is 2.47 bits per heavy atom. The van der Waals surface area contributed by atoms with Crippen molar-refractivity contribution in [1.82, 2.24) is 9.78 Å². The molecule has 0 atom stereocenters. The van der Waals surface area contributed by atoms with Gasteiger partial charge >= 0.3 is 0 Å². The number of hydrogen-bond donors (Lipinski definition) is 2. The van der Waals surface area contributed by atoms with Gasteiger partial charge in [0.1, 0.15) is 5.82 Å². The molecule has 0 unspecified atom stereocenters. The first kappa shape index (κ1) is 22.8. The summed E-state index contributed by atoms with van der Waals surface area (Å²) in [5.74, 6) is 2.51. The molecule has 0 aliphatic rings. The highest BCUT2D eigenvalue weighted by molar-refractivity contribution is 6.34. The zero-order valence-electron chi connectivity index (χ0n) is 18.6. The fourth-order valence-electron chi connectivity index (χ4n) is 3.40. The van der Waals surface area contributed by atoms with Gasteiger partial charge in [0.25, 0.3) is 11.8 Å². The molecule has 168 valence electrons. The van der Waals surface area contributed by atoms with Crippen molar-refractivity contribution in [2.75, 3.05) is 10.6 Å². The summed E-state index contributed by atoms with van der Waals surface area (Å²) in [6, 6.07) is 21.2. The van der Waals surface area contributed by atoms with Crippen LogP contribution in [0.15, 0.2) is 72.8 Å². The quantitative estimate of drug-likeness (QED) is 0.378. The summed E-state index contributed by atoms with van der Waals surface area (Å²) in [5, 5.41) is 10.6. The minimum atomic E-state index is -0.279. The predicted molar refractivity (Wildman–Crippen MR) is 135 cm³/mol. The Morgan fingerprint density at radius 2 is 1.74 bits per heavy atom. The molecule has 0 saturated heterocycles. The molecule has 1 aromatic heterocycles. The Morgan fingerprint density at radius 1 is 0.971 bits per heavy atom. The molecule has 0 radical (unpaired) electrons. The molecular formula is C27H21ClN4O2. The van der Waals surface area contributed by atoms with Crippen molar-refractivity contribution in [2.24, 2.45) is 7.05 Å². The third-order valence-corrected chi connectivity index (χ3v) is 5.55. The molecule has 4 aromatic rings. The molecule has 1 heterocycles. The molecule has 0 spiro atoms. The van der Waals surface area contributed by atoms with Crippen LogP contribution in [0.2, 0.25) is 5.02 Å². The Balaban J connectivity index is 1.47. The maximum Gasteiger partial charge on any atom is 0.257 e. The maximum atomic E-state index is 12.6. The lowest BCUT2D eigenvalue weighted by atomic mass is 10.1. The molecule has 0 aliphatic heterocycles. The first-order valence-corrected chi connectivity index (χ1v) is 10.8. The summed E-state index contributed by atoms with van der Waals surface area (Å²) in [7, 11) is 1.75. The molecule has 3 aromatic carbocycles. The molecule has 6 nitrogen and oxygen atoms in total. The van der Waals surface area contributed by atoms with Crippen molar-refractivity contribution < 1.29 is 9.59 Å². The van der Waals surface area contributed by atoms with Gasteiger partial charge in [-0.15, -0.1) is 6.42 Å². The smallest absolute Gasteiger partial charge is 0.257 e. The second kappa shape index (κ2) is 9.65. The molecular weight excluding hydrogens is 448 g/mol. The normalized spacial score (nSPS) is 10.4. The van der Waals surface area contributed by atoms with Crippen molar-refractivity contribution in [3.8, 4) is 23.6 Å². The number of aryl methyl sites for hydroxylation is 2. The Kier molecular flexibility index (Phi) is 6.48. The van der Waals surface area contributed by atoms with E-state index in [1.807, 2.05) is 25.1 Å². The van der Waals surface area contributed by atoms with E-state index in [1.54, 1.807) is 66.3 Å². The van der Waals surface area contributed by atoms with Crippen molar-refractivity contribution in [3.63, 3.8) is 0 Å². The Hall–Kier alpha value is -4.34. The minimum Gasteiger partial charge on any atom is -0.322 e. The number of nitrogens with one attached hydrogen (secondary N) is 2. The summed E-state index contributed by atoms with van der Waals surface area (Å²) in [6.07, 6.45) is 5.42. The van der Waals surface area contributed by atoms with Crippen LogP contribution >= 0.6 is 11.6 Å². The molecule has 0 bridgehead atoms. The number of aromatic nitrogens is 2. The predicted octanol–water partition coefficient (Wildman–Crippen LogP) is 5.53. The van der Waals surface area contributed by atoms with Crippen LogP contribution in [0.3, 0.4) is 0 Å². The van der Waals surface area contributed by atoms with Crippen LogP contribution in [0.4, 0.5) is 11.5 Å². The number of rotatable bonds is 5.